The van der Waals surface area contributed by atoms with Gasteiger partial charge in [-0.1, -0.05) is 25.0 Å². The summed E-state index contributed by atoms with van der Waals surface area (Å²) < 4.78 is 37.9. The first-order chi connectivity index (χ1) is 9.00. The van der Waals surface area contributed by atoms with Crippen LogP contribution < -0.4 is 5.32 Å². The minimum absolute atomic E-state index is 0.235. The van der Waals surface area contributed by atoms with Crippen molar-refractivity contribution in [2.45, 2.75) is 43.9 Å². The fourth-order valence-corrected chi connectivity index (χ4v) is 2.43. The van der Waals surface area contributed by atoms with E-state index in [4.69, 9.17) is 5.26 Å². The SMILES string of the molecule is N#CC(NC1CCCC1)c1cccc(C(F)(F)F)c1. The highest BCUT2D eigenvalue weighted by Gasteiger charge is 2.31. The Morgan fingerprint density at radius 1 is 1.26 bits per heavy atom. The first-order valence-electron chi connectivity index (χ1n) is 6.33. The standard InChI is InChI=1S/C14H15F3N2/c15-14(16,17)11-5-3-4-10(8-11)13(9-18)19-12-6-1-2-7-12/h3-5,8,12-13,19H,1-2,6-7H2. The lowest BCUT2D eigenvalue weighted by molar-refractivity contribution is -0.137. The van der Waals surface area contributed by atoms with E-state index in [9.17, 15) is 13.2 Å². The fraction of sp³-hybridized carbons (Fsp3) is 0.500. The highest BCUT2D eigenvalue weighted by molar-refractivity contribution is 5.31. The lowest BCUT2D eigenvalue weighted by Gasteiger charge is -2.18. The molecule has 1 aromatic rings. The quantitative estimate of drug-likeness (QED) is 0.905. The van der Waals surface area contributed by atoms with E-state index in [0.717, 1.165) is 37.8 Å². The number of nitrogens with one attached hydrogen (secondary N) is 1. The normalized spacial score (nSPS) is 18.2. The smallest absolute Gasteiger partial charge is 0.295 e. The highest BCUT2D eigenvalue weighted by Crippen LogP contribution is 2.31. The molecule has 2 nitrogen and oxygen atoms in total. The molecule has 102 valence electrons. The molecule has 0 bridgehead atoms. The Morgan fingerprint density at radius 3 is 2.53 bits per heavy atom. The van der Waals surface area contributed by atoms with Crippen LogP contribution in [0.5, 0.6) is 0 Å². The van der Waals surface area contributed by atoms with Crippen molar-refractivity contribution in [3.8, 4) is 6.07 Å². The predicted molar refractivity (Wildman–Crippen MR) is 65.2 cm³/mol. The Hall–Kier alpha value is -1.54. The van der Waals surface area contributed by atoms with Gasteiger partial charge >= 0.3 is 6.18 Å². The topological polar surface area (TPSA) is 35.8 Å². The van der Waals surface area contributed by atoms with Gasteiger partial charge in [-0.2, -0.15) is 18.4 Å². The monoisotopic (exact) mass is 268 g/mol. The van der Waals surface area contributed by atoms with E-state index in [1.165, 1.54) is 6.07 Å². The van der Waals surface area contributed by atoms with Gasteiger partial charge in [0.1, 0.15) is 6.04 Å². The lowest BCUT2D eigenvalue weighted by atomic mass is 10.0. The molecule has 0 amide bonds. The Morgan fingerprint density at radius 2 is 1.95 bits per heavy atom. The van der Waals surface area contributed by atoms with Crippen LogP contribution in [0.4, 0.5) is 13.2 Å². The fourth-order valence-electron chi connectivity index (χ4n) is 2.43. The van der Waals surface area contributed by atoms with Gasteiger partial charge in [-0.3, -0.25) is 5.32 Å². The second kappa shape index (κ2) is 5.62. The van der Waals surface area contributed by atoms with Crippen molar-refractivity contribution in [1.29, 1.82) is 5.26 Å². The molecule has 1 aliphatic carbocycles. The van der Waals surface area contributed by atoms with Crippen LogP contribution in [0, 0.1) is 11.3 Å². The Labute approximate surface area is 110 Å². The number of hydrogen-bond donors (Lipinski definition) is 1. The lowest BCUT2D eigenvalue weighted by Crippen LogP contribution is -2.30. The third-order valence-corrected chi connectivity index (χ3v) is 3.43. The van der Waals surface area contributed by atoms with Gasteiger partial charge in [0.15, 0.2) is 0 Å². The van der Waals surface area contributed by atoms with E-state index < -0.39 is 17.8 Å². The first-order valence-corrected chi connectivity index (χ1v) is 6.33. The summed E-state index contributed by atoms with van der Waals surface area (Å²) in [4.78, 5) is 0. The molecule has 0 saturated heterocycles. The molecule has 0 radical (unpaired) electrons. The zero-order valence-electron chi connectivity index (χ0n) is 10.4. The van der Waals surface area contributed by atoms with Crippen LogP contribution in [0.2, 0.25) is 0 Å². The van der Waals surface area contributed by atoms with Crippen molar-refractivity contribution in [3.05, 3.63) is 35.4 Å². The van der Waals surface area contributed by atoms with Crippen LogP contribution >= 0.6 is 0 Å². The summed E-state index contributed by atoms with van der Waals surface area (Å²) in [6.45, 7) is 0. The molecule has 19 heavy (non-hydrogen) atoms. The first kappa shape index (κ1) is 13.9. The number of nitriles is 1. The molecule has 2 rings (SSSR count). The predicted octanol–water partition coefficient (Wildman–Crippen LogP) is 3.80. The van der Waals surface area contributed by atoms with Gasteiger partial charge in [-0.05, 0) is 30.5 Å². The van der Waals surface area contributed by atoms with Crippen LogP contribution in [0.25, 0.3) is 0 Å². The summed E-state index contributed by atoms with van der Waals surface area (Å²) in [7, 11) is 0. The number of rotatable bonds is 3. The van der Waals surface area contributed by atoms with Crippen LogP contribution in [0.1, 0.15) is 42.9 Å². The molecule has 1 atom stereocenters. The van der Waals surface area contributed by atoms with Crippen molar-refractivity contribution < 1.29 is 13.2 Å². The van der Waals surface area contributed by atoms with E-state index in [0.29, 0.717) is 5.56 Å². The van der Waals surface area contributed by atoms with E-state index >= 15 is 0 Å². The van der Waals surface area contributed by atoms with Crippen molar-refractivity contribution in [3.63, 3.8) is 0 Å². The van der Waals surface area contributed by atoms with E-state index in [1.807, 2.05) is 6.07 Å². The summed E-state index contributed by atoms with van der Waals surface area (Å²) in [5.74, 6) is 0. The van der Waals surface area contributed by atoms with Gasteiger partial charge in [0.25, 0.3) is 0 Å². The number of benzene rings is 1. The average molecular weight is 268 g/mol. The van der Waals surface area contributed by atoms with Crippen LogP contribution in [0.15, 0.2) is 24.3 Å². The van der Waals surface area contributed by atoms with Crippen molar-refractivity contribution in [2.24, 2.45) is 0 Å². The summed E-state index contributed by atoms with van der Waals surface area (Å²) in [6, 6.07) is 6.58. The zero-order chi connectivity index (χ0) is 13.9. The second-order valence-corrected chi connectivity index (χ2v) is 4.83. The third-order valence-electron chi connectivity index (χ3n) is 3.43. The number of hydrogen-bond acceptors (Lipinski definition) is 2. The Bertz CT molecular complexity index is 470. The second-order valence-electron chi connectivity index (χ2n) is 4.83. The van der Waals surface area contributed by atoms with Gasteiger partial charge < -0.3 is 0 Å². The Kier molecular flexibility index (Phi) is 4.11. The third kappa shape index (κ3) is 3.48. The van der Waals surface area contributed by atoms with Gasteiger partial charge in [-0.15, -0.1) is 0 Å². The minimum atomic E-state index is -4.37. The molecule has 0 aromatic heterocycles. The van der Waals surface area contributed by atoms with Crippen molar-refractivity contribution >= 4 is 0 Å². The molecule has 0 heterocycles. The highest BCUT2D eigenvalue weighted by atomic mass is 19.4. The summed E-state index contributed by atoms with van der Waals surface area (Å²) in [5, 5.41) is 12.3. The number of halogens is 3. The number of alkyl halides is 3. The molecule has 0 aliphatic heterocycles. The molecular formula is C14H15F3N2. The summed E-state index contributed by atoms with van der Waals surface area (Å²) >= 11 is 0. The molecule has 1 aliphatic rings. The van der Waals surface area contributed by atoms with Crippen LogP contribution in [0.3, 0.4) is 0 Å². The van der Waals surface area contributed by atoms with Gasteiger partial charge in [0.2, 0.25) is 0 Å². The van der Waals surface area contributed by atoms with Crippen molar-refractivity contribution in [1.82, 2.24) is 5.32 Å². The van der Waals surface area contributed by atoms with Crippen LogP contribution in [-0.2, 0) is 6.18 Å². The maximum absolute atomic E-state index is 12.6. The number of nitrogens with zero attached hydrogens (tertiary/aromatic N) is 1. The molecule has 1 fully saturated rings. The molecule has 1 aromatic carbocycles. The van der Waals surface area contributed by atoms with Gasteiger partial charge in [-0.25, -0.2) is 0 Å². The van der Waals surface area contributed by atoms with E-state index in [-0.39, 0.29) is 6.04 Å². The summed E-state index contributed by atoms with van der Waals surface area (Å²) in [6.07, 6.45) is -0.186. The van der Waals surface area contributed by atoms with Gasteiger partial charge in [0.05, 0.1) is 11.6 Å². The zero-order valence-corrected chi connectivity index (χ0v) is 10.4. The maximum atomic E-state index is 12.6. The van der Waals surface area contributed by atoms with E-state index in [1.54, 1.807) is 6.07 Å². The van der Waals surface area contributed by atoms with Gasteiger partial charge in [0, 0.05) is 6.04 Å². The minimum Gasteiger partial charge on any atom is -0.295 e. The van der Waals surface area contributed by atoms with Crippen LogP contribution in [-0.4, -0.2) is 6.04 Å². The largest absolute Gasteiger partial charge is 0.416 e. The Balaban J connectivity index is 2.16. The molecule has 5 heteroatoms. The molecule has 0 spiro atoms. The van der Waals surface area contributed by atoms with E-state index in [2.05, 4.69) is 5.32 Å². The molecule has 1 N–H and O–H groups in total. The molecular weight excluding hydrogens is 253 g/mol. The average Bonchev–Trinajstić information content (AvgIpc) is 2.88. The summed E-state index contributed by atoms with van der Waals surface area (Å²) in [5.41, 5.74) is -0.331. The molecule has 1 unspecified atom stereocenters. The maximum Gasteiger partial charge on any atom is 0.416 e. The van der Waals surface area contributed by atoms with Crippen molar-refractivity contribution in [2.75, 3.05) is 0 Å². The molecule has 1 saturated carbocycles.